The van der Waals surface area contributed by atoms with Crippen LogP contribution in [0.5, 0.6) is 0 Å². The van der Waals surface area contributed by atoms with Gasteiger partial charge < -0.3 is 8.83 Å². The van der Waals surface area contributed by atoms with E-state index >= 15 is 0 Å². The third-order valence-electron chi connectivity index (χ3n) is 9.93. The highest BCUT2D eigenvalue weighted by Gasteiger charge is 2.19. The van der Waals surface area contributed by atoms with Crippen LogP contribution in [-0.4, -0.2) is 0 Å². The van der Waals surface area contributed by atoms with Crippen LogP contribution in [0.1, 0.15) is 31.5 Å². The van der Waals surface area contributed by atoms with Crippen LogP contribution >= 0.6 is 0 Å². The van der Waals surface area contributed by atoms with E-state index in [0.717, 1.165) is 11.1 Å². The summed E-state index contributed by atoms with van der Waals surface area (Å²) in [7, 11) is 0. The van der Waals surface area contributed by atoms with E-state index in [-0.39, 0.29) is 54.6 Å². The fraction of sp³-hybridized carbons (Fsp3) is 0. The lowest BCUT2D eigenvalue weighted by atomic mass is 9.85. The monoisotopic (exact) mass is 735 g/mol. The van der Waals surface area contributed by atoms with E-state index in [1.807, 2.05) is 30.3 Å². The average Bonchev–Trinajstić information content (AvgIpc) is 4.21. The summed E-state index contributed by atoms with van der Waals surface area (Å²) in [6.45, 7) is 0. The topological polar surface area (TPSA) is 26.3 Å². The van der Waals surface area contributed by atoms with Crippen molar-refractivity contribution in [3.05, 3.63) is 194 Å². The number of fused-ring (bicyclic) bond motifs is 10. The highest BCUT2D eigenvalue weighted by atomic mass is 16.3. The van der Waals surface area contributed by atoms with Crippen molar-refractivity contribution in [2.45, 2.75) is 0 Å². The minimum absolute atomic E-state index is 0.0474. The Bertz CT molecular complexity index is 4770. The van der Waals surface area contributed by atoms with Crippen molar-refractivity contribution in [1.29, 1.82) is 0 Å². The largest absolute Gasteiger partial charge is 0.456 e. The molecule has 0 amide bonds. The average molecular weight is 736 g/mol. The van der Waals surface area contributed by atoms with Crippen LogP contribution in [-0.2, 0) is 0 Å². The number of hydrogen-bond acceptors (Lipinski definition) is 2. The molecule has 56 heavy (non-hydrogen) atoms. The molecule has 0 aliphatic rings. The van der Waals surface area contributed by atoms with Crippen LogP contribution < -0.4 is 0 Å². The van der Waals surface area contributed by atoms with E-state index in [1.54, 1.807) is 24.3 Å². The minimum atomic E-state index is -0.938. The van der Waals surface area contributed by atoms with E-state index in [9.17, 15) is 16.4 Å². The normalized spacial score (nSPS) is 17.7. The van der Waals surface area contributed by atoms with Crippen LogP contribution in [0.2, 0.25) is 0 Å². The van der Waals surface area contributed by atoms with Crippen molar-refractivity contribution in [2.75, 3.05) is 0 Å². The first-order valence-corrected chi connectivity index (χ1v) is 17.3. The zero-order valence-electron chi connectivity index (χ0n) is 51.5. The van der Waals surface area contributed by atoms with Crippen LogP contribution in [0.3, 0.4) is 0 Å². The second-order valence-electron chi connectivity index (χ2n) is 13.0. The maximum absolute atomic E-state index is 9.98. The zero-order chi connectivity index (χ0) is 56.8. The molecule has 0 aliphatic carbocycles. The molecule has 0 N–H and O–H groups in total. The van der Waals surface area contributed by atoms with Gasteiger partial charge in [0, 0.05) is 21.5 Å². The highest BCUT2D eigenvalue weighted by Crippen LogP contribution is 2.46. The van der Waals surface area contributed by atoms with Gasteiger partial charge in [-0.25, -0.2) is 0 Å². The van der Waals surface area contributed by atoms with Gasteiger partial charge in [-0.15, -0.1) is 0 Å². The molecule has 2 aromatic heterocycles. The molecule has 2 heteroatoms. The van der Waals surface area contributed by atoms with Crippen molar-refractivity contribution in [2.24, 2.45) is 0 Å². The summed E-state index contributed by atoms with van der Waals surface area (Å²) in [6, 6.07) is -1.64. The maximum atomic E-state index is 9.98. The Morgan fingerprint density at radius 2 is 0.857 bits per heavy atom. The second kappa shape index (κ2) is 12.0. The predicted molar refractivity (Wildman–Crippen MR) is 235 cm³/mol. The molecule has 2 heterocycles. The molecule has 10 aromatic carbocycles. The fourth-order valence-electron chi connectivity index (χ4n) is 7.46. The maximum Gasteiger partial charge on any atom is 0.136 e. The van der Waals surface area contributed by atoms with Crippen molar-refractivity contribution in [3.63, 3.8) is 0 Å². The van der Waals surface area contributed by atoms with E-state index < -0.39 is 194 Å². The first kappa shape index (κ1) is 16.1. The summed E-state index contributed by atoms with van der Waals surface area (Å²) in [5.41, 5.74) is -2.49. The van der Waals surface area contributed by atoms with Crippen molar-refractivity contribution < 1.29 is 40.4 Å². The highest BCUT2D eigenvalue weighted by molar-refractivity contribution is 6.26. The third kappa shape index (κ3) is 4.63. The van der Waals surface area contributed by atoms with Gasteiger partial charge in [-0.3, -0.25) is 0 Å². The number of hydrogen-bond donors (Lipinski definition) is 0. The number of benzene rings is 10. The Morgan fingerprint density at radius 3 is 1.55 bits per heavy atom. The van der Waals surface area contributed by atoms with Crippen molar-refractivity contribution in [3.8, 4) is 44.5 Å². The van der Waals surface area contributed by atoms with E-state index in [2.05, 4.69) is 0 Å². The molecule has 0 bridgehead atoms. The van der Waals surface area contributed by atoms with Gasteiger partial charge in [0.05, 0.1) is 31.5 Å². The van der Waals surface area contributed by atoms with E-state index in [1.165, 1.54) is 0 Å². The molecule has 0 fully saturated rings. The van der Waals surface area contributed by atoms with Gasteiger partial charge >= 0.3 is 0 Å². The van der Waals surface area contributed by atoms with Gasteiger partial charge in [0.1, 0.15) is 22.3 Å². The van der Waals surface area contributed by atoms with Gasteiger partial charge in [-0.2, -0.15) is 0 Å². The molecule has 0 saturated heterocycles. The molecule has 260 valence electrons. The molecule has 0 saturated carbocycles. The first-order chi connectivity index (χ1) is 37.4. The zero-order valence-corrected chi connectivity index (χ0v) is 28.5. The lowest BCUT2D eigenvalue weighted by Gasteiger charge is -2.18. The molecule has 0 unspecified atom stereocenters. The Kier molecular flexibility index (Phi) is 3.47. The minimum Gasteiger partial charge on any atom is -0.456 e. The van der Waals surface area contributed by atoms with Gasteiger partial charge in [-0.05, 0) is 113 Å². The molecule has 0 spiro atoms. The summed E-state index contributed by atoms with van der Waals surface area (Å²) in [4.78, 5) is 0. The molecule has 2 nitrogen and oxygen atoms in total. The lowest BCUT2D eigenvalue weighted by Crippen LogP contribution is -1.91. The van der Waals surface area contributed by atoms with Gasteiger partial charge in [0.15, 0.2) is 0 Å². The molecule has 0 radical (unpaired) electrons. The predicted octanol–water partition coefficient (Wildman–Crippen LogP) is 15.6. The van der Waals surface area contributed by atoms with Crippen LogP contribution in [0.15, 0.2) is 202 Å². The van der Waals surface area contributed by atoms with E-state index in [0.29, 0.717) is 0 Å². The van der Waals surface area contributed by atoms with E-state index in [4.69, 9.17) is 23.9 Å². The summed E-state index contributed by atoms with van der Waals surface area (Å²) in [5, 5.41) is -3.66. The summed E-state index contributed by atoms with van der Waals surface area (Å²) in [5.74, 6) is 0. The van der Waals surface area contributed by atoms with Crippen molar-refractivity contribution >= 4 is 76.2 Å². The molecular weight excluding hydrogens is 681 g/mol. The van der Waals surface area contributed by atoms with Crippen LogP contribution in [0.25, 0.3) is 121 Å². The Balaban J connectivity index is 1.22. The quantitative estimate of drug-likeness (QED) is 0.168. The smallest absolute Gasteiger partial charge is 0.136 e. The first-order valence-electron chi connectivity index (χ1n) is 28.8. The Hall–Kier alpha value is -7.42. The molecule has 0 atom stereocenters. The molecule has 12 aromatic rings. The summed E-state index contributed by atoms with van der Waals surface area (Å²) >= 11 is 0. The lowest BCUT2D eigenvalue weighted by molar-refractivity contribution is 0.663. The van der Waals surface area contributed by atoms with Crippen LogP contribution in [0, 0.1) is 0 Å². The summed E-state index contributed by atoms with van der Waals surface area (Å²) < 4.78 is 223. The van der Waals surface area contributed by atoms with Gasteiger partial charge in [0.2, 0.25) is 0 Å². The van der Waals surface area contributed by atoms with Crippen LogP contribution in [0.4, 0.5) is 0 Å². The molecular formula is C54H32O2. The van der Waals surface area contributed by atoms with Gasteiger partial charge in [-0.1, -0.05) is 157 Å². The Morgan fingerprint density at radius 1 is 0.321 bits per heavy atom. The van der Waals surface area contributed by atoms with Gasteiger partial charge in [0.25, 0.3) is 0 Å². The number of para-hydroxylation sites is 1. The molecule has 12 rings (SSSR count). The molecule has 0 aliphatic heterocycles. The summed E-state index contributed by atoms with van der Waals surface area (Å²) in [6.07, 6.45) is 0. The standard InChI is InChI=1S/C54H32O2/c1-2-11-33(12-3-1)34-21-23-35(24-22-34)51-41-14-4-6-16-43(41)52(44-17-7-5-15-42(44)51)38-26-27-40-36(31-38)13-10-19-39(40)37-25-28-46-50(32-37)56-49-30-29-48-53(54(46)49)45-18-8-9-20-47(45)55-48/h1-32H/i4D,5D,6D,7D,8D,9D,10D,13D,14D,15D,16D,17D,18D,19D,20D,25D,26D,27D,28D,29D,30D,31D,32D. The SMILES string of the molecule is [2H]c1c([2H])c([2H])c2c(oc3c([2H])c([2H])c4oc5c([2H])c(-c6c([2H])c([2H])c([2H])c7c([2H])c(-c8c9c([2H])c([2H])c([2H])c([2H])c9c(-c9ccc(-c%10ccccc%10)cc9)c9c([2H])c([2H])c([2H])c([2H])c89)c([2H])c([2H])c67)c([2H])c([2H])c5c4c32)c1[2H]. The van der Waals surface area contributed by atoms with Crippen molar-refractivity contribution in [1.82, 2.24) is 0 Å². The fourth-order valence-corrected chi connectivity index (χ4v) is 7.46. The Labute approximate surface area is 354 Å². The second-order valence-corrected chi connectivity index (χ2v) is 13.0. The third-order valence-corrected chi connectivity index (χ3v) is 9.93. The number of rotatable bonds is 4. The number of furan rings is 2.